The molecule has 1 heterocycles. The van der Waals surface area contributed by atoms with Crippen LogP contribution in [0.15, 0.2) is 12.4 Å². The van der Waals surface area contributed by atoms with Crippen molar-refractivity contribution in [2.24, 2.45) is 0 Å². The summed E-state index contributed by atoms with van der Waals surface area (Å²) in [5.74, 6) is -1.22. The van der Waals surface area contributed by atoms with Gasteiger partial charge in [-0.3, -0.25) is 14.3 Å². The van der Waals surface area contributed by atoms with Gasteiger partial charge in [0.2, 0.25) is 0 Å². The lowest BCUT2D eigenvalue weighted by molar-refractivity contribution is -0.137. The second-order valence-corrected chi connectivity index (χ2v) is 3.96. The van der Waals surface area contributed by atoms with Gasteiger partial charge in [0, 0.05) is 18.8 Å². The van der Waals surface area contributed by atoms with Crippen LogP contribution in [0.2, 0.25) is 0 Å². The Hall–Kier alpha value is -1.85. The molecule has 1 amide bonds. The van der Waals surface area contributed by atoms with Crippen LogP contribution in [0.25, 0.3) is 0 Å². The summed E-state index contributed by atoms with van der Waals surface area (Å²) < 4.78 is 1.69. The summed E-state index contributed by atoms with van der Waals surface area (Å²) >= 11 is 0. The Morgan fingerprint density at radius 3 is 2.88 bits per heavy atom. The molecular weight excluding hydrogens is 222 g/mol. The number of carbonyl (C=O) groups is 2. The molecule has 0 aliphatic carbocycles. The molecule has 0 saturated carbocycles. The number of aromatic nitrogens is 2. The Kier molecular flexibility index (Phi) is 4.68. The van der Waals surface area contributed by atoms with Crippen molar-refractivity contribution < 1.29 is 14.7 Å². The highest BCUT2D eigenvalue weighted by molar-refractivity contribution is 5.94. The fourth-order valence-electron chi connectivity index (χ4n) is 1.45. The number of hydrogen-bond acceptors (Lipinski definition) is 3. The molecule has 17 heavy (non-hydrogen) atoms. The van der Waals surface area contributed by atoms with Gasteiger partial charge >= 0.3 is 5.97 Å². The van der Waals surface area contributed by atoms with Crippen LogP contribution in [-0.4, -0.2) is 32.8 Å². The van der Waals surface area contributed by atoms with Gasteiger partial charge < -0.3 is 10.4 Å². The number of aryl methyl sites for hydroxylation is 1. The Bertz CT molecular complexity index is 400. The maximum atomic E-state index is 11.7. The molecular formula is C11H17N3O3. The quantitative estimate of drug-likeness (QED) is 0.772. The second kappa shape index (κ2) is 6.03. The Morgan fingerprint density at radius 1 is 1.59 bits per heavy atom. The number of hydrogen-bond donors (Lipinski definition) is 2. The molecule has 6 nitrogen and oxygen atoms in total. The monoisotopic (exact) mass is 239 g/mol. The van der Waals surface area contributed by atoms with E-state index in [9.17, 15) is 9.59 Å². The third kappa shape index (κ3) is 4.26. The first kappa shape index (κ1) is 13.2. The molecule has 1 aromatic heterocycles. The largest absolute Gasteiger partial charge is 0.481 e. The van der Waals surface area contributed by atoms with Crippen molar-refractivity contribution in [2.75, 3.05) is 0 Å². The van der Waals surface area contributed by atoms with Crippen LogP contribution in [0.1, 0.15) is 37.0 Å². The first-order valence-corrected chi connectivity index (χ1v) is 5.58. The average Bonchev–Trinajstić information content (AvgIpc) is 2.65. The summed E-state index contributed by atoms with van der Waals surface area (Å²) in [6.07, 6.45) is 4.00. The van der Waals surface area contributed by atoms with Crippen LogP contribution in [0.5, 0.6) is 0 Å². The van der Waals surface area contributed by atoms with Gasteiger partial charge in [0.05, 0.1) is 18.2 Å². The van der Waals surface area contributed by atoms with E-state index in [0.29, 0.717) is 5.56 Å². The van der Waals surface area contributed by atoms with Crippen molar-refractivity contribution in [2.45, 2.75) is 39.3 Å². The Labute approximate surface area is 99.6 Å². The number of carbonyl (C=O) groups excluding carboxylic acids is 1. The van der Waals surface area contributed by atoms with Crippen molar-refractivity contribution in [3.8, 4) is 0 Å². The zero-order valence-corrected chi connectivity index (χ0v) is 10.0. The first-order valence-electron chi connectivity index (χ1n) is 5.58. The maximum Gasteiger partial charge on any atom is 0.305 e. The smallest absolute Gasteiger partial charge is 0.305 e. The van der Waals surface area contributed by atoms with E-state index in [-0.39, 0.29) is 12.3 Å². The van der Waals surface area contributed by atoms with E-state index in [2.05, 4.69) is 10.4 Å². The van der Waals surface area contributed by atoms with Crippen molar-refractivity contribution in [1.29, 1.82) is 0 Å². The van der Waals surface area contributed by atoms with Gasteiger partial charge in [-0.2, -0.15) is 5.10 Å². The van der Waals surface area contributed by atoms with Crippen LogP contribution >= 0.6 is 0 Å². The summed E-state index contributed by atoms with van der Waals surface area (Å²) in [5.41, 5.74) is 0.454. The molecule has 0 fully saturated rings. The summed E-state index contributed by atoms with van der Waals surface area (Å²) in [6, 6.07) is -0.394. The van der Waals surface area contributed by atoms with Gasteiger partial charge in [-0.05, 0) is 13.3 Å². The van der Waals surface area contributed by atoms with Crippen molar-refractivity contribution in [3.05, 3.63) is 18.0 Å². The summed E-state index contributed by atoms with van der Waals surface area (Å²) in [5, 5.41) is 15.2. The fourth-order valence-corrected chi connectivity index (χ4v) is 1.45. The van der Waals surface area contributed by atoms with Crippen LogP contribution in [-0.2, 0) is 11.3 Å². The van der Waals surface area contributed by atoms with Crippen LogP contribution < -0.4 is 5.32 Å². The fraction of sp³-hybridized carbons (Fsp3) is 0.545. The van der Waals surface area contributed by atoms with Crippen molar-refractivity contribution >= 4 is 11.9 Å². The zero-order chi connectivity index (χ0) is 12.8. The Morgan fingerprint density at radius 2 is 2.29 bits per heavy atom. The number of carboxylic acid groups (broad SMARTS) is 1. The van der Waals surface area contributed by atoms with E-state index < -0.39 is 12.0 Å². The molecule has 0 saturated heterocycles. The van der Waals surface area contributed by atoms with E-state index in [1.54, 1.807) is 17.8 Å². The molecule has 2 N–H and O–H groups in total. The third-order valence-electron chi connectivity index (χ3n) is 2.21. The van der Waals surface area contributed by atoms with E-state index in [4.69, 9.17) is 5.11 Å². The SMILES string of the molecule is CCCn1cc(C(=O)NC(C)CC(=O)O)cn1. The summed E-state index contributed by atoms with van der Waals surface area (Å²) in [4.78, 5) is 22.1. The number of aliphatic carboxylic acids is 1. The molecule has 0 aromatic carbocycles. The van der Waals surface area contributed by atoms with Crippen LogP contribution in [0.3, 0.4) is 0 Å². The number of nitrogens with one attached hydrogen (secondary N) is 1. The second-order valence-electron chi connectivity index (χ2n) is 3.96. The minimum Gasteiger partial charge on any atom is -0.481 e. The highest BCUT2D eigenvalue weighted by Gasteiger charge is 2.13. The predicted octanol–water partition coefficient (Wildman–Crippen LogP) is 0.886. The van der Waals surface area contributed by atoms with E-state index in [1.807, 2.05) is 6.92 Å². The lowest BCUT2D eigenvalue weighted by atomic mass is 10.2. The molecule has 0 radical (unpaired) electrons. The van der Waals surface area contributed by atoms with Gasteiger partial charge in [0.25, 0.3) is 5.91 Å². The highest BCUT2D eigenvalue weighted by Crippen LogP contribution is 2.00. The number of carboxylic acids is 1. The summed E-state index contributed by atoms with van der Waals surface area (Å²) in [7, 11) is 0. The number of amides is 1. The van der Waals surface area contributed by atoms with Gasteiger partial charge in [-0.15, -0.1) is 0 Å². The molecule has 94 valence electrons. The van der Waals surface area contributed by atoms with Crippen LogP contribution in [0, 0.1) is 0 Å². The van der Waals surface area contributed by atoms with Gasteiger partial charge in [0.15, 0.2) is 0 Å². The molecule has 0 aliphatic heterocycles. The molecule has 1 unspecified atom stereocenters. The molecule has 0 aliphatic rings. The average molecular weight is 239 g/mol. The first-order chi connectivity index (χ1) is 8.02. The van der Waals surface area contributed by atoms with Crippen LogP contribution in [0.4, 0.5) is 0 Å². The molecule has 1 atom stereocenters. The van der Waals surface area contributed by atoms with Gasteiger partial charge in [0.1, 0.15) is 0 Å². The number of rotatable bonds is 6. The lowest BCUT2D eigenvalue weighted by Gasteiger charge is -2.09. The Balaban J connectivity index is 2.54. The van der Waals surface area contributed by atoms with E-state index in [0.717, 1.165) is 13.0 Å². The molecule has 1 aromatic rings. The highest BCUT2D eigenvalue weighted by atomic mass is 16.4. The molecule has 1 rings (SSSR count). The van der Waals surface area contributed by atoms with E-state index >= 15 is 0 Å². The minimum absolute atomic E-state index is 0.0885. The number of nitrogens with zero attached hydrogens (tertiary/aromatic N) is 2. The van der Waals surface area contributed by atoms with Gasteiger partial charge in [-0.25, -0.2) is 0 Å². The maximum absolute atomic E-state index is 11.7. The van der Waals surface area contributed by atoms with E-state index in [1.165, 1.54) is 6.20 Å². The van der Waals surface area contributed by atoms with Gasteiger partial charge in [-0.1, -0.05) is 6.92 Å². The minimum atomic E-state index is -0.931. The molecule has 0 spiro atoms. The predicted molar refractivity (Wildman–Crippen MR) is 61.7 cm³/mol. The topological polar surface area (TPSA) is 84.2 Å². The molecule has 6 heteroatoms. The lowest BCUT2D eigenvalue weighted by Crippen LogP contribution is -2.33. The zero-order valence-electron chi connectivity index (χ0n) is 10.0. The normalized spacial score (nSPS) is 12.1. The van der Waals surface area contributed by atoms with Crippen molar-refractivity contribution in [3.63, 3.8) is 0 Å². The standard InChI is InChI=1S/C11H17N3O3/c1-3-4-14-7-9(6-12-14)11(17)13-8(2)5-10(15)16/h6-8H,3-5H2,1-2H3,(H,13,17)(H,15,16). The molecule has 0 bridgehead atoms. The van der Waals surface area contributed by atoms with Crippen molar-refractivity contribution in [1.82, 2.24) is 15.1 Å². The third-order valence-corrected chi connectivity index (χ3v) is 2.21. The summed E-state index contributed by atoms with van der Waals surface area (Å²) in [6.45, 7) is 4.44.